The molecule has 0 unspecified atom stereocenters. The Balaban J connectivity index is 0.00000312. The Hall–Kier alpha value is -1.19. The molecule has 0 aliphatic rings. The van der Waals surface area contributed by atoms with Crippen LogP contribution in [0.1, 0.15) is 12.6 Å². The number of aliphatic imine (C=N–C) groups is 1. The third kappa shape index (κ3) is 6.91. The van der Waals surface area contributed by atoms with Crippen LogP contribution in [-0.2, 0) is 13.6 Å². The van der Waals surface area contributed by atoms with E-state index >= 15 is 0 Å². The largest absolute Gasteiger partial charge is 0.490 e. The molecule has 0 bridgehead atoms. The number of rotatable bonds is 7. The molecule has 2 rings (SSSR count). The van der Waals surface area contributed by atoms with E-state index in [4.69, 9.17) is 27.9 Å². The van der Waals surface area contributed by atoms with Crippen molar-refractivity contribution < 1.29 is 4.74 Å². The molecule has 1 aromatic carbocycles. The monoisotopic (exact) mass is 497 g/mol. The fraction of sp³-hybridized carbons (Fsp3) is 0.375. The lowest BCUT2D eigenvalue weighted by atomic mass is 10.3. The van der Waals surface area contributed by atoms with Crippen LogP contribution in [0, 0.1) is 0 Å². The molecule has 2 aromatic rings. The number of aryl methyl sites for hydroxylation is 1. The molecule has 25 heavy (non-hydrogen) atoms. The average Bonchev–Trinajstić information content (AvgIpc) is 2.98. The van der Waals surface area contributed by atoms with E-state index < -0.39 is 0 Å². The Bertz CT molecular complexity index is 693. The maximum atomic E-state index is 6.08. The molecular formula is C16H22Cl2IN5O. The minimum absolute atomic E-state index is 0. The summed E-state index contributed by atoms with van der Waals surface area (Å²) in [5, 5.41) is 11.4. The fourth-order valence-corrected chi connectivity index (χ4v) is 2.33. The molecule has 0 aliphatic heterocycles. The van der Waals surface area contributed by atoms with Crippen molar-refractivity contribution in [2.45, 2.75) is 13.5 Å². The summed E-state index contributed by atoms with van der Waals surface area (Å²) in [6.07, 6.45) is 1.76. The van der Waals surface area contributed by atoms with E-state index in [1.165, 1.54) is 0 Å². The predicted octanol–water partition coefficient (Wildman–Crippen LogP) is 3.48. The summed E-state index contributed by atoms with van der Waals surface area (Å²) in [6, 6.07) is 7.26. The molecular weight excluding hydrogens is 476 g/mol. The standard InChI is InChI=1S/C16H21Cl2N5O.HI/c1-3-19-16(21-11-12-7-8-22-23(12)2)20-9-10-24-14-6-4-5-13(17)15(14)18;/h4-8H,3,9-11H2,1-2H3,(H2,19,20,21);1H. The highest BCUT2D eigenvalue weighted by Gasteiger charge is 2.05. The fourth-order valence-electron chi connectivity index (χ4n) is 1.98. The van der Waals surface area contributed by atoms with E-state index in [9.17, 15) is 0 Å². The number of ether oxygens (including phenoxy) is 1. The first-order valence-electron chi connectivity index (χ1n) is 7.67. The van der Waals surface area contributed by atoms with Gasteiger partial charge in [-0.25, -0.2) is 4.99 Å². The zero-order valence-electron chi connectivity index (χ0n) is 14.1. The van der Waals surface area contributed by atoms with Crippen molar-refractivity contribution in [3.63, 3.8) is 0 Å². The highest BCUT2D eigenvalue weighted by atomic mass is 127. The van der Waals surface area contributed by atoms with E-state index in [0.29, 0.717) is 35.5 Å². The Labute approximate surface area is 175 Å². The van der Waals surface area contributed by atoms with E-state index in [1.54, 1.807) is 29.1 Å². The Morgan fingerprint density at radius 1 is 1.28 bits per heavy atom. The van der Waals surface area contributed by atoms with E-state index in [1.807, 2.05) is 20.0 Å². The molecule has 0 spiro atoms. The molecule has 2 N–H and O–H groups in total. The number of aromatic nitrogens is 2. The summed E-state index contributed by atoms with van der Waals surface area (Å²) < 4.78 is 7.44. The zero-order chi connectivity index (χ0) is 17.4. The van der Waals surface area contributed by atoms with Crippen LogP contribution in [0.25, 0.3) is 0 Å². The first-order valence-corrected chi connectivity index (χ1v) is 8.43. The van der Waals surface area contributed by atoms with Gasteiger partial charge in [-0.2, -0.15) is 5.10 Å². The number of halogens is 3. The number of nitrogens with one attached hydrogen (secondary N) is 2. The number of benzene rings is 1. The summed E-state index contributed by atoms with van der Waals surface area (Å²) in [5.41, 5.74) is 1.04. The third-order valence-electron chi connectivity index (χ3n) is 3.23. The molecule has 1 heterocycles. The molecule has 9 heteroatoms. The van der Waals surface area contributed by atoms with Crippen LogP contribution in [0.15, 0.2) is 35.5 Å². The van der Waals surface area contributed by atoms with Gasteiger partial charge in [0.05, 0.1) is 23.8 Å². The molecule has 6 nitrogen and oxygen atoms in total. The lowest BCUT2D eigenvalue weighted by Crippen LogP contribution is -2.39. The van der Waals surface area contributed by atoms with Gasteiger partial charge in [0.1, 0.15) is 17.4 Å². The number of guanidine groups is 1. The molecule has 0 amide bonds. The quantitative estimate of drug-likeness (QED) is 0.266. The smallest absolute Gasteiger partial charge is 0.191 e. The SMILES string of the molecule is CCNC(=NCc1ccnn1C)NCCOc1cccc(Cl)c1Cl.I. The second kappa shape index (κ2) is 11.4. The molecule has 0 fully saturated rings. The van der Waals surface area contributed by atoms with Crippen LogP contribution in [0.5, 0.6) is 5.75 Å². The summed E-state index contributed by atoms with van der Waals surface area (Å²) in [6.45, 7) is 4.37. The Morgan fingerprint density at radius 3 is 2.76 bits per heavy atom. The van der Waals surface area contributed by atoms with Crippen molar-refractivity contribution in [2.75, 3.05) is 19.7 Å². The second-order valence-corrected chi connectivity index (χ2v) is 5.75. The minimum Gasteiger partial charge on any atom is -0.490 e. The van der Waals surface area contributed by atoms with Crippen LogP contribution in [-0.4, -0.2) is 35.4 Å². The molecule has 0 saturated heterocycles. The van der Waals surface area contributed by atoms with Gasteiger partial charge in [0.25, 0.3) is 0 Å². The summed E-state index contributed by atoms with van der Waals surface area (Å²) >= 11 is 12.0. The molecule has 0 saturated carbocycles. The van der Waals surface area contributed by atoms with E-state index in [-0.39, 0.29) is 24.0 Å². The maximum absolute atomic E-state index is 6.08. The zero-order valence-corrected chi connectivity index (χ0v) is 18.0. The van der Waals surface area contributed by atoms with Crippen LogP contribution in [0.3, 0.4) is 0 Å². The first kappa shape index (κ1) is 21.9. The highest BCUT2D eigenvalue weighted by molar-refractivity contribution is 14.0. The van der Waals surface area contributed by atoms with Crippen molar-refractivity contribution in [3.8, 4) is 5.75 Å². The van der Waals surface area contributed by atoms with E-state index in [2.05, 4.69) is 20.7 Å². The highest BCUT2D eigenvalue weighted by Crippen LogP contribution is 2.31. The van der Waals surface area contributed by atoms with Gasteiger partial charge in [-0.15, -0.1) is 24.0 Å². The third-order valence-corrected chi connectivity index (χ3v) is 4.04. The summed E-state index contributed by atoms with van der Waals surface area (Å²) in [7, 11) is 1.90. The van der Waals surface area contributed by atoms with Crippen LogP contribution < -0.4 is 15.4 Å². The lowest BCUT2D eigenvalue weighted by Gasteiger charge is -2.13. The van der Waals surface area contributed by atoms with Gasteiger partial charge in [0.15, 0.2) is 5.96 Å². The molecule has 138 valence electrons. The van der Waals surface area contributed by atoms with Gasteiger partial charge in [0.2, 0.25) is 0 Å². The van der Waals surface area contributed by atoms with Crippen LogP contribution in [0.2, 0.25) is 10.0 Å². The number of hydrogen-bond acceptors (Lipinski definition) is 3. The van der Waals surface area contributed by atoms with Gasteiger partial charge in [-0.05, 0) is 25.1 Å². The van der Waals surface area contributed by atoms with Crippen molar-refractivity contribution in [1.29, 1.82) is 0 Å². The predicted molar refractivity (Wildman–Crippen MR) is 113 cm³/mol. The van der Waals surface area contributed by atoms with Crippen LogP contribution >= 0.6 is 47.2 Å². The van der Waals surface area contributed by atoms with Crippen molar-refractivity contribution >= 4 is 53.1 Å². The molecule has 0 atom stereocenters. The molecule has 1 aromatic heterocycles. The van der Waals surface area contributed by atoms with Gasteiger partial charge in [-0.1, -0.05) is 29.3 Å². The Morgan fingerprint density at radius 2 is 2.08 bits per heavy atom. The topological polar surface area (TPSA) is 63.5 Å². The lowest BCUT2D eigenvalue weighted by molar-refractivity contribution is 0.322. The minimum atomic E-state index is 0. The summed E-state index contributed by atoms with van der Waals surface area (Å²) in [5.74, 6) is 1.29. The van der Waals surface area contributed by atoms with Gasteiger partial charge in [0, 0.05) is 19.8 Å². The maximum Gasteiger partial charge on any atom is 0.191 e. The van der Waals surface area contributed by atoms with Crippen molar-refractivity contribution in [3.05, 3.63) is 46.2 Å². The van der Waals surface area contributed by atoms with Crippen LogP contribution in [0.4, 0.5) is 0 Å². The van der Waals surface area contributed by atoms with Gasteiger partial charge >= 0.3 is 0 Å². The van der Waals surface area contributed by atoms with E-state index in [0.717, 1.165) is 18.2 Å². The first-order chi connectivity index (χ1) is 11.6. The molecule has 0 aliphatic carbocycles. The molecule has 0 radical (unpaired) electrons. The van der Waals surface area contributed by atoms with Gasteiger partial charge in [-0.3, -0.25) is 4.68 Å². The normalized spacial score (nSPS) is 11.0. The number of nitrogens with zero attached hydrogens (tertiary/aromatic N) is 3. The van der Waals surface area contributed by atoms with Crippen molar-refractivity contribution in [2.24, 2.45) is 12.0 Å². The summed E-state index contributed by atoms with van der Waals surface area (Å²) in [4.78, 5) is 4.52. The van der Waals surface area contributed by atoms with Gasteiger partial charge < -0.3 is 15.4 Å². The number of hydrogen-bond donors (Lipinski definition) is 2. The average molecular weight is 498 g/mol. The Kier molecular flexibility index (Phi) is 9.99. The second-order valence-electron chi connectivity index (χ2n) is 4.97. The van der Waals surface area contributed by atoms with Crippen molar-refractivity contribution in [1.82, 2.24) is 20.4 Å².